The summed E-state index contributed by atoms with van der Waals surface area (Å²) in [5.41, 5.74) is 0.916. The van der Waals surface area contributed by atoms with Gasteiger partial charge in [0.15, 0.2) is 0 Å². The Balaban J connectivity index is 2.16. The number of pyridine rings is 1. The zero-order valence-electron chi connectivity index (χ0n) is 12.5. The lowest BCUT2D eigenvalue weighted by Crippen LogP contribution is -2.46. The zero-order valence-corrected chi connectivity index (χ0v) is 12.5. The summed E-state index contributed by atoms with van der Waals surface area (Å²) in [6, 6.07) is 1.58. The van der Waals surface area contributed by atoms with Crippen LogP contribution in [0.25, 0.3) is 0 Å². The van der Waals surface area contributed by atoms with Crippen LogP contribution in [0, 0.1) is 5.82 Å². The normalized spacial score (nSPS) is 23.1. The molecule has 20 heavy (non-hydrogen) atoms. The third kappa shape index (κ3) is 3.90. The minimum Gasteiger partial charge on any atom is -0.372 e. The van der Waals surface area contributed by atoms with Gasteiger partial charge >= 0.3 is 0 Å². The lowest BCUT2D eigenvalue weighted by molar-refractivity contribution is -0.00551. The van der Waals surface area contributed by atoms with Gasteiger partial charge in [-0.25, -0.2) is 9.37 Å². The molecule has 0 aromatic carbocycles. The lowest BCUT2D eigenvalue weighted by Gasteiger charge is -2.37. The first-order valence-electron chi connectivity index (χ1n) is 7.35. The molecule has 5 heteroatoms. The molecule has 0 amide bonds. The molecule has 0 bridgehead atoms. The standard InChI is InChI=1S/C15H24FN3O/c1-4-5-17-7-13-6-14(16)8-18-15(13)19-9-11(2)20-12(3)10-19/h6,8,11-12,17H,4-5,7,9-10H2,1-3H3. The number of morpholine rings is 1. The van der Waals surface area contributed by atoms with Crippen molar-refractivity contribution in [3.8, 4) is 0 Å². The molecule has 1 aromatic heterocycles. The van der Waals surface area contributed by atoms with Crippen molar-refractivity contribution in [1.29, 1.82) is 0 Å². The van der Waals surface area contributed by atoms with Gasteiger partial charge in [0.2, 0.25) is 0 Å². The number of hydrogen-bond acceptors (Lipinski definition) is 4. The fourth-order valence-corrected chi connectivity index (χ4v) is 2.64. The van der Waals surface area contributed by atoms with Crippen molar-refractivity contribution in [3.63, 3.8) is 0 Å². The highest BCUT2D eigenvalue weighted by molar-refractivity contribution is 5.47. The van der Waals surface area contributed by atoms with Crippen LogP contribution >= 0.6 is 0 Å². The molecule has 0 saturated carbocycles. The van der Waals surface area contributed by atoms with E-state index in [0.29, 0.717) is 6.54 Å². The largest absolute Gasteiger partial charge is 0.372 e. The Morgan fingerprint density at radius 1 is 1.40 bits per heavy atom. The van der Waals surface area contributed by atoms with Crippen molar-refractivity contribution >= 4 is 5.82 Å². The quantitative estimate of drug-likeness (QED) is 0.841. The number of nitrogens with one attached hydrogen (secondary N) is 1. The van der Waals surface area contributed by atoms with Crippen LogP contribution in [0.3, 0.4) is 0 Å². The van der Waals surface area contributed by atoms with Crippen molar-refractivity contribution in [2.75, 3.05) is 24.5 Å². The Labute approximate surface area is 120 Å². The second-order valence-corrected chi connectivity index (χ2v) is 5.48. The molecule has 4 nitrogen and oxygen atoms in total. The summed E-state index contributed by atoms with van der Waals surface area (Å²) in [5.74, 6) is 0.591. The molecular formula is C15H24FN3O. The van der Waals surface area contributed by atoms with E-state index in [4.69, 9.17) is 4.74 Å². The highest BCUT2D eigenvalue weighted by Crippen LogP contribution is 2.23. The van der Waals surface area contributed by atoms with Crippen molar-refractivity contribution < 1.29 is 9.13 Å². The van der Waals surface area contributed by atoms with Gasteiger partial charge in [-0.15, -0.1) is 0 Å². The number of rotatable bonds is 5. The van der Waals surface area contributed by atoms with Crippen molar-refractivity contribution in [2.45, 2.75) is 45.9 Å². The number of anilines is 1. The van der Waals surface area contributed by atoms with E-state index < -0.39 is 0 Å². The summed E-state index contributed by atoms with van der Waals surface area (Å²) in [6.45, 7) is 9.39. The monoisotopic (exact) mass is 281 g/mol. The van der Waals surface area contributed by atoms with Crippen molar-refractivity contribution in [3.05, 3.63) is 23.6 Å². The van der Waals surface area contributed by atoms with Gasteiger partial charge in [0.25, 0.3) is 0 Å². The van der Waals surface area contributed by atoms with Gasteiger partial charge in [0, 0.05) is 25.2 Å². The van der Waals surface area contributed by atoms with E-state index >= 15 is 0 Å². The average molecular weight is 281 g/mol. The predicted octanol–water partition coefficient (Wildman–Crippen LogP) is 2.33. The smallest absolute Gasteiger partial charge is 0.141 e. The van der Waals surface area contributed by atoms with Crippen LogP contribution < -0.4 is 10.2 Å². The van der Waals surface area contributed by atoms with E-state index in [0.717, 1.165) is 37.4 Å². The number of nitrogens with zero attached hydrogens (tertiary/aromatic N) is 2. The Morgan fingerprint density at radius 3 is 2.75 bits per heavy atom. The number of hydrogen-bond donors (Lipinski definition) is 1. The third-order valence-electron chi connectivity index (χ3n) is 3.37. The maximum Gasteiger partial charge on any atom is 0.141 e. The highest BCUT2D eigenvalue weighted by Gasteiger charge is 2.24. The molecule has 1 saturated heterocycles. The third-order valence-corrected chi connectivity index (χ3v) is 3.37. The molecule has 1 aliphatic rings. The van der Waals surface area contributed by atoms with Crippen LogP contribution in [-0.2, 0) is 11.3 Å². The Hall–Kier alpha value is -1.20. The van der Waals surface area contributed by atoms with Gasteiger partial charge < -0.3 is 15.0 Å². The van der Waals surface area contributed by atoms with E-state index in [9.17, 15) is 4.39 Å². The van der Waals surface area contributed by atoms with E-state index in [1.807, 2.05) is 0 Å². The molecule has 1 aromatic rings. The first kappa shape index (κ1) is 15.2. The van der Waals surface area contributed by atoms with Crippen LogP contribution in [-0.4, -0.2) is 36.8 Å². The lowest BCUT2D eigenvalue weighted by atomic mass is 10.2. The van der Waals surface area contributed by atoms with Crippen LogP contribution in [0.15, 0.2) is 12.3 Å². The van der Waals surface area contributed by atoms with Crippen LogP contribution in [0.5, 0.6) is 0 Å². The minimum absolute atomic E-state index is 0.169. The van der Waals surface area contributed by atoms with Gasteiger partial charge in [-0.3, -0.25) is 0 Å². The first-order chi connectivity index (χ1) is 9.60. The van der Waals surface area contributed by atoms with Gasteiger partial charge in [0.1, 0.15) is 11.6 Å². The maximum absolute atomic E-state index is 13.4. The number of ether oxygens (including phenoxy) is 1. The summed E-state index contributed by atoms with van der Waals surface area (Å²) < 4.78 is 19.2. The van der Waals surface area contributed by atoms with Gasteiger partial charge in [-0.2, -0.15) is 0 Å². The molecule has 2 rings (SSSR count). The Kier molecular flexibility index (Phi) is 5.31. The molecule has 2 unspecified atom stereocenters. The Morgan fingerprint density at radius 2 is 2.10 bits per heavy atom. The summed E-state index contributed by atoms with van der Waals surface area (Å²) >= 11 is 0. The number of halogens is 1. The van der Waals surface area contributed by atoms with Gasteiger partial charge in [-0.1, -0.05) is 6.92 Å². The number of aromatic nitrogens is 1. The molecular weight excluding hydrogens is 257 g/mol. The molecule has 2 atom stereocenters. The van der Waals surface area contributed by atoms with E-state index in [1.54, 1.807) is 6.07 Å². The van der Waals surface area contributed by atoms with Crippen molar-refractivity contribution in [2.24, 2.45) is 0 Å². The summed E-state index contributed by atoms with van der Waals surface area (Å²) in [4.78, 5) is 6.50. The second-order valence-electron chi connectivity index (χ2n) is 5.48. The molecule has 1 fully saturated rings. The SMILES string of the molecule is CCCNCc1cc(F)cnc1N1CC(C)OC(C)C1. The highest BCUT2D eigenvalue weighted by atomic mass is 19.1. The predicted molar refractivity (Wildman–Crippen MR) is 78.4 cm³/mol. The van der Waals surface area contributed by atoms with Gasteiger partial charge in [-0.05, 0) is 32.9 Å². The molecule has 0 aliphatic carbocycles. The summed E-state index contributed by atoms with van der Waals surface area (Å²) in [7, 11) is 0. The molecule has 2 heterocycles. The summed E-state index contributed by atoms with van der Waals surface area (Å²) in [6.07, 6.45) is 2.69. The van der Waals surface area contributed by atoms with E-state index in [2.05, 4.69) is 36.0 Å². The fraction of sp³-hybridized carbons (Fsp3) is 0.667. The van der Waals surface area contributed by atoms with Crippen LogP contribution in [0.4, 0.5) is 10.2 Å². The Bertz CT molecular complexity index is 431. The molecule has 1 N–H and O–H groups in total. The topological polar surface area (TPSA) is 37.4 Å². The summed E-state index contributed by atoms with van der Waals surface area (Å²) in [5, 5.41) is 3.32. The second kappa shape index (κ2) is 6.99. The fourth-order valence-electron chi connectivity index (χ4n) is 2.64. The van der Waals surface area contributed by atoms with Crippen LogP contribution in [0.1, 0.15) is 32.8 Å². The van der Waals surface area contributed by atoms with E-state index in [1.165, 1.54) is 6.20 Å². The molecule has 0 spiro atoms. The van der Waals surface area contributed by atoms with Crippen molar-refractivity contribution in [1.82, 2.24) is 10.3 Å². The molecule has 112 valence electrons. The molecule has 1 aliphatic heterocycles. The molecule has 0 radical (unpaired) electrons. The maximum atomic E-state index is 13.4. The van der Waals surface area contributed by atoms with Crippen LogP contribution in [0.2, 0.25) is 0 Å². The van der Waals surface area contributed by atoms with E-state index in [-0.39, 0.29) is 18.0 Å². The zero-order chi connectivity index (χ0) is 14.5. The average Bonchev–Trinajstić information content (AvgIpc) is 2.38. The first-order valence-corrected chi connectivity index (χ1v) is 7.35. The minimum atomic E-state index is -0.281. The van der Waals surface area contributed by atoms with Gasteiger partial charge in [0.05, 0.1) is 18.4 Å².